The van der Waals surface area contributed by atoms with Gasteiger partial charge in [-0.05, 0) is 19.3 Å². The number of urea groups is 1. The maximum absolute atomic E-state index is 11.7. The summed E-state index contributed by atoms with van der Waals surface area (Å²) in [5, 5.41) is 14.7. The fourth-order valence-corrected chi connectivity index (χ4v) is 2.47. The number of carboxylic acid groups (broad SMARTS) is 1. The highest BCUT2D eigenvalue weighted by molar-refractivity contribution is 5.79. The number of rotatable bonds is 5. The molecule has 3 N–H and O–H groups in total. The van der Waals surface area contributed by atoms with E-state index in [1.54, 1.807) is 6.92 Å². The summed E-state index contributed by atoms with van der Waals surface area (Å²) in [4.78, 5) is 22.9. The van der Waals surface area contributed by atoms with Crippen LogP contribution in [0.25, 0.3) is 0 Å². The minimum absolute atomic E-state index is 0.134. The van der Waals surface area contributed by atoms with Gasteiger partial charge >= 0.3 is 12.0 Å². The van der Waals surface area contributed by atoms with Crippen molar-refractivity contribution >= 4 is 12.0 Å². The van der Waals surface area contributed by atoms with Crippen LogP contribution >= 0.6 is 0 Å². The lowest BCUT2D eigenvalue weighted by Gasteiger charge is -2.27. The van der Waals surface area contributed by atoms with Crippen LogP contribution in [0.5, 0.6) is 0 Å². The summed E-state index contributed by atoms with van der Waals surface area (Å²) in [6.07, 6.45) is 4.83. The Balaban J connectivity index is 1.73. The van der Waals surface area contributed by atoms with Gasteiger partial charge in [-0.15, -0.1) is 0 Å². The van der Waals surface area contributed by atoms with E-state index < -0.39 is 17.4 Å². The Hall–Kier alpha value is -1.30. The average Bonchev–Trinajstić information content (AvgIpc) is 2.65. The predicted octanol–water partition coefficient (Wildman–Crippen LogP) is 0.965. The summed E-state index contributed by atoms with van der Waals surface area (Å²) in [5.41, 5.74) is -1.04. The number of carboxylic acids is 1. The van der Waals surface area contributed by atoms with Gasteiger partial charge in [0, 0.05) is 6.54 Å². The summed E-state index contributed by atoms with van der Waals surface area (Å²) in [6.45, 7) is 2.63. The molecule has 2 atom stereocenters. The largest absolute Gasteiger partial charge is 0.481 e. The van der Waals surface area contributed by atoms with E-state index in [2.05, 4.69) is 10.6 Å². The number of aliphatic carboxylic acids is 1. The minimum atomic E-state index is -1.04. The van der Waals surface area contributed by atoms with Gasteiger partial charge in [0.05, 0.1) is 19.3 Å². The van der Waals surface area contributed by atoms with Gasteiger partial charge in [0.2, 0.25) is 0 Å². The minimum Gasteiger partial charge on any atom is -0.481 e. The number of hydrogen-bond donors (Lipinski definition) is 3. The van der Waals surface area contributed by atoms with Crippen LogP contribution in [0.15, 0.2) is 0 Å². The first-order valence-electron chi connectivity index (χ1n) is 6.88. The third kappa shape index (κ3) is 3.18. The topological polar surface area (TPSA) is 87.7 Å². The third-order valence-electron chi connectivity index (χ3n) is 4.31. The molecule has 1 saturated carbocycles. The first-order valence-corrected chi connectivity index (χ1v) is 6.88. The molecule has 1 aliphatic carbocycles. The summed E-state index contributed by atoms with van der Waals surface area (Å²) < 4.78 is 5.18. The van der Waals surface area contributed by atoms with Crippen LogP contribution in [-0.4, -0.2) is 42.9 Å². The van der Waals surface area contributed by atoms with E-state index >= 15 is 0 Å². The molecule has 0 aromatic heterocycles. The highest BCUT2D eigenvalue weighted by Crippen LogP contribution is 2.29. The van der Waals surface area contributed by atoms with E-state index in [4.69, 9.17) is 4.74 Å². The molecule has 19 heavy (non-hydrogen) atoms. The highest BCUT2D eigenvalue weighted by atomic mass is 16.5. The van der Waals surface area contributed by atoms with E-state index in [-0.39, 0.29) is 19.2 Å². The van der Waals surface area contributed by atoms with Gasteiger partial charge in [-0.2, -0.15) is 0 Å². The lowest BCUT2D eigenvalue weighted by Crippen LogP contribution is -2.52. The first kappa shape index (κ1) is 14.1. The van der Waals surface area contributed by atoms with Crippen LogP contribution in [0, 0.1) is 11.3 Å². The Labute approximate surface area is 112 Å². The van der Waals surface area contributed by atoms with Crippen molar-refractivity contribution in [2.45, 2.75) is 38.6 Å². The molecule has 6 heteroatoms. The van der Waals surface area contributed by atoms with Crippen molar-refractivity contribution in [1.82, 2.24) is 10.6 Å². The van der Waals surface area contributed by atoms with E-state index in [1.165, 1.54) is 19.3 Å². The molecule has 0 bridgehead atoms. The average molecular weight is 270 g/mol. The number of carbonyl (C=O) groups is 2. The Morgan fingerprint density at radius 2 is 2.16 bits per heavy atom. The molecule has 6 nitrogen and oxygen atoms in total. The quantitative estimate of drug-likeness (QED) is 0.694. The number of amides is 2. The number of nitrogens with one attached hydrogen (secondary N) is 2. The Bertz CT molecular complexity index is 357. The Kier molecular flexibility index (Phi) is 4.29. The molecule has 1 aliphatic heterocycles. The van der Waals surface area contributed by atoms with Gasteiger partial charge in [0.1, 0.15) is 5.41 Å². The van der Waals surface area contributed by atoms with E-state index in [1.807, 2.05) is 0 Å². The zero-order valence-corrected chi connectivity index (χ0v) is 11.3. The predicted molar refractivity (Wildman–Crippen MR) is 68.8 cm³/mol. The molecule has 2 unspecified atom stereocenters. The van der Waals surface area contributed by atoms with E-state index in [9.17, 15) is 14.7 Å². The monoisotopic (exact) mass is 270 g/mol. The molecule has 2 fully saturated rings. The lowest BCUT2D eigenvalue weighted by atomic mass is 9.83. The molecule has 0 aromatic rings. The van der Waals surface area contributed by atoms with Crippen LogP contribution in [-0.2, 0) is 9.53 Å². The molecule has 2 rings (SSSR count). The van der Waals surface area contributed by atoms with Gasteiger partial charge in [-0.3, -0.25) is 4.79 Å². The molecular formula is C13H22N2O4. The highest BCUT2D eigenvalue weighted by Gasteiger charge is 2.47. The fourth-order valence-electron chi connectivity index (χ4n) is 2.47. The molecule has 2 aliphatic rings. The summed E-state index contributed by atoms with van der Waals surface area (Å²) in [7, 11) is 0. The fraction of sp³-hybridized carbons (Fsp3) is 0.846. The van der Waals surface area contributed by atoms with E-state index in [0.29, 0.717) is 6.54 Å². The van der Waals surface area contributed by atoms with E-state index in [0.717, 1.165) is 12.3 Å². The second kappa shape index (κ2) is 5.77. The van der Waals surface area contributed by atoms with Gasteiger partial charge in [-0.25, -0.2) is 4.79 Å². The van der Waals surface area contributed by atoms with Crippen molar-refractivity contribution in [3.8, 4) is 0 Å². The SMILES string of the molecule is CC1(C(=O)O)COCC1NC(=O)NCCC1CCC1. The Morgan fingerprint density at radius 1 is 1.42 bits per heavy atom. The molecule has 1 heterocycles. The third-order valence-corrected chi connectivity index (χ3v) is 4.31. The van der Waals surface area contributed by atoms with Crippen LogP contribution in [0.2, 0.25) is 0 Å². The molecule has 2 amide bonds. The summed E-state index contributed by atoms with van der Waals surface area (Å²) in [5.74, 6) is -0.191. The summed E-state index contributed by atoms with van der Waals surface area (Å²) in [6, 6.07) is -0.781. The molecule has 108 valence electrons. The van der Waals surface area contributed by atoms with Crippen LogP contribution in [0.1, 0.15) is 32.6 Å². The Morgan fingerprint density at radius 3 is 2.74 bits per heavy atom. The van der Waals surface area contributed by atoms with Crippen molar-refractivity contribution in [3.63, 3.8) is 0 Å². The number of hydrogen-bond acceptors (Lipinski definition) is 3. The van der Waals surface area contributed by atoms with Gasteiger partial charge in [-0.1, -0.05) is 19.3 Å². The second-order valence-corrected chi connectivity index (χ2v) is 5.78. The molecule has 1 saturated heterocycles. The van der Waals surface area contributed by atoms with Crippen molar-refractivity contribution in [2.24, 2.45) is 11.3 Å². The van der Waals surface area contributed by atoms with Gasteiger partial charge < -0.3 is 20.5 Å². The molecule has 0 spiro atoms. The number of ether oxygens (including phenoxy) is 1. The van der Waals surface area contributed by atoms with Crippen LogP contribution < -0.4 is 10.6 Å². The first-order chi connectivity index (χ1) is 9.02. The van der Waals surface area contributed by atoms with Gasteiger partial charge in [0.15, 0.2) is 0 Å². The van der Waals surface area contributed by atoms with Crippen molar-refractivity contribution in [1.29, 1.82) is 0 Å². The standard InChI is InChI=1S/C13H22N2O4/c1-13(11(16)17)8-19-7-10(13)15-12(18)14-6-5-9-3-2-4-9/h9-10H,2-8H2,1H3,(H,16,17)(H2,14,15,18). The summed E-state index contributed by atoms with van der Waals surface area (Å²) >= 11 is 0. The number of carbonyl (C=O) groups excluding carboxylic acids is 1. The smallest absolute Gasteiger partial charge is 0.315 e. The lowest BCUT2D eigenvalue weighted by molar-refractivity contribution is -0.148. The molecule has 0 aromatic carbocycles. The second-order valence-electron chi connectivity index (χ2n) is 5.78. The molecule has 0 radical (unpaired) electrons. The maximum Gasteiger partial charge on any atom is 0.315 e. The normalized spacial score (nSPS) is 30.7. The van der Waals surface area contributed by atoms with Gasteiger partial charge in [0.25, 0.3) is 0 Å². The zero-order valence-electron chi connectivity index (χ0n) is 11.3. The zero-order chi connectivity index (χ0) is 13.9. The van der Waals surface area contributed by atoms with Crippen LogP contribution in [0.4, 0.5) is 4.79 Å². The van der Waals surface area contributed by atoms with Crippen molar-refractivity contribution in [3.05, 3.63) is 0 Å². The van der Waals surface area contributed by atoms with Crippen LogP contribution in [0.3, 0.4) is 0 Å². The van der Waals surface area contributed by atoms with Crippen molar-refractivity contribution < 1.29 is 19.4 Å². The maximum atomic E-state index is 11.7. The van der Waals surface area contributed by atoms with Crippen molar-refractivity contribution in [2.75, 3.05) is 19.8 Å². The molecular weight excluding hydrogens is 248 g/mol.